The highest BCUT2D eigenvalue weighted by molar-refractivity contribution is 8.00. The summed E-state index contributed by atoms with van der Waals surface area (Å²) in [5.41, 5.74) is 6.50. The zero-order valence-corrected chi connectivity index (χ0v) is 29.6. The average Bonchev–Trinajstić information content (AvgIpc) is 3.12. The summed E-state index contributed by atoms with van der Waals surface area (Å²) < 4.78 is 5.22. The molecular formula is C44H47NO3S. The van der Waals surface area contributed by atoms with E-state index < -0.39 is 16.3 Å². The third-order valence-electron chi connectivity index (χ3n) is 8.53. The summed E-state index contributed by atoms with van der Waals surface area (Å²) in [6.45, 7) is 6.07. The second-order valence-electron chi connectivity index (χ2n) is 13.4. The summed E-state index contributed by atoms with van der Waals surface area (Å²) in [6.07, 6.45) is 2.11. The quantitative estimate of drug-likeness (QED) is 0.0685. The van der Waals surface area contributed by atoms with Gasteiger partial charge in [-0.05, 0) is 79.2 Å². The van der Waals surface area contributed by atoms with Crippen LogP contribution in [0.5, 0.6) is 0 Å². The fraction of sp³-hybridized carbons (Fsp3) is 0.273. The normalized spacial score (nSPS) is 12.2. The van der Waals surface area contributed by atoms with Crippen molar-refractivity contribution in [1.29, 1.82) is 0 Å². The number of esters is 1. The number of carbonyl (C=O) groups is 2. The van der Waals surface area contributed by atoms with Crippen LogP contribution in [0.25, 0.3) is 11.1 Å². The van der Waals surface area contributed by atoms with Gasteiger partial charge in [-0.1, -0.05) is 146 Å². The Kier molecular flexibility index (Phi) is 12.5. The highest BCUT2D eigenvalue weighted by Crippen LogP contribution is 2.48. The molecule has 49 heavy (non-hydrogen) atoms. The molecule has 0 aliphatic heterocycles. The molecule has 0 spiro atoms. The van der Waals surface area contributed by atoms with E-state index in [-0.39, 0.29) is 18.3 Å². The number of benzene rings is 5. The highest BCUT2D eigenvalue weighted by Gasteiger charge is 2.37. The molecule has 5 aromatic carbocycles. The van der Waals surface area contributed by atoms with E-state index in [0.717, 1.165) is 17.7 Å². The molecule has 0 aliphatic rings. The maximum Gasteiger partial charge on any atom is 0.307 e. The molecule has 1 N–H and O–H groups in total. The standard InChI is InChI=1S/C44H47NO3S/c1-43(2,3)48-41(46)33-37(42(47)45-31-30-34-26-28-36(29-27-34)35-17-8-4-9-18-35)19-16-32-49-44(38-20-10-5-11-21-38,39-22-12-6-13-23-39)40-24-14-7-15-25-40/h4-15,17-18,20-29,37H,16,19,30-33H2,1-3H3,(H,45,47). The molecule has 5 rings (SSSR count). The van der Waals surface area contributed by atoms with Gasteiger partial charge in [0.25, 0.3) is 0 Å². The van der Waals surface area contributed by atoms with E-state index in [2.05, 4.69) is 133 Å². The van der Waals surface area contributed by atoms with Gasteiger partial charge in [-0.15, -0.1) is 11.8 Å². The Hall–Kier alpha value is -4.61. The minimum Gasteiger partial charge on any atom is -0.460 e. The molecule has 4 nitrogen and oxygen atoms in total. The van der Waals surface area contributed by atoms with E-state index >= 15 is 0 Å². The lowest BCUT2D eigenvalue weighted by molar-refractivity contribution is -0.157. The number of nitrogens with one attached hydrogen (secondary N) is 1. The van der Waals surface area contributed by atoms with E-state index in [0.29, 0.717) is 19.4 Å². The van der Waals surface area contributed by atoms with Gasteiger partial charge >= 0.3 is 5.97 Å². The molecule has 5 heteroatoms. The molecule has 0 saturated carbocycles. The minimum absolute atomic E-state index is 0.0563. The Morgan fingerprint density at radius 1 is 0.653 bits per heavy atom. The molecule has 5 aromatic rings. The summed E-state index contributed by atoms with van der Waals surface area (Å²) in [4.78, 5) is 26.6. The zero-order valence-electron chi connectivity index (χ0n) is 28.8. The first-order valence-corrected chi connectivity index (χ1v) is 18.2. The Bertz CT molecular complexity index is 1640. The number of thioether (sulfide) groups is 1. The van der Waals surface area contributed by atoms with Crippen molar-refractivity contribution < 1.29 is 14.3 Å². The van der Waals surface area contributed by atoms with Crippen LogP contribution in [0.1, 0.15) is 62.3 Å². The molecule has 1 unspecified atom stereocenters. The topological polar surface area (TPSA) is 55.4 Å². The maximum absolute atomic E-state index is 13.6. The predicted molar refractivity (Wildman–Crippen MR) is 203 cm³/mol. The van der Waals surface area contributed by atoms with Crippen molar-refractivity contribution >= 4 is 23.6 Å². The first kappa shape index (κ1) is 35.7. The Morgan fingerprint density at radius 2 is 1.12 bits per heavy atom. The SMILES string of the molecule is CC(C)(C)OC(=O)CC(CCCSC(c1ccccc1)(c1ccccc1)c1ccccc1)C(=O)NCCc1ccc(-c2ccccc2)cc1. The highest BCUT2D eigenvalue weighted by atomic mass is 32.2. The smallest absolute Gasteiger partial charge is 0.307 e. The summed E-state index contributed by atoms with van der Waals surface area (Å²) in [5, 5.41) is 3.13. The van der Waals surface area contributed by atoms with Crippen LogP contribution >= 0.6 is 11.8 Å². The molecule has 0 radical (unpaired) electrons. The van der Waals surface area contributed by atoms with E-state index in [1.54, 1.807) is 0 Å². The van der Waals surface area contributed by atoms with Crippen molar-refractivity contribution in [3.05, 3.63) is 168 Å². The van der Waals surface area contributed by atoms with Gasteiger partial charge in [-0.2, -0.15) is 0 Å². The second-order valence-corrected chi connectivity index (χ2v) is 14.7. The molecule has 0 aromatic heterocycles. The van der Waals surface area contributed by atoms with Crippen LogP contribution < -0.4 is 5.32 Å². The van der Waals surface area contributed by atoms with Crippen LogP contribution in [0.15, 0.2) is 146 Å². The molecule has 0 heterocycles. The number of hydrogen-bond acceptors (Lipinski definition) is 4. The third-order valence-corrected chi connectivity index (χ3v) is 10.2. The number of rotatable bonds is 15. The van der Waals surface area contributed by atoms with Gasteiger partial charge in [0.2, 0.25) is 5.91 Å². The maximum atomic E-state index is 13.6. The van der Waals surface area contributed by atoms with E-state index in [1.807, 2.05) is 50.7 Å². The largest absolute Gasteiger partial charge is 0.460 e. The average molecular weight is 670 g/mol. The van der Waals surface area contributed by atoms with Gasteiger partial charge in [0.15, 0.2) is 0 Å². The molecule has 0 bridgehead atoms. The third kappa shape index (κ3) is 9.96. The number of hydrogen-bond donors (Lipinski definition) is 1. The molecule has 0 saturated heterocycles. The van der Waals surface area contributed by atoms with Crippen molar-refractivity contribution in [3.63, 3.8) is 0 Å². The number of ether oxygens (including phenoxy) is 1. The second kappa shape index (κ2) is 17.2. The van der Waals surface area contributed by atoms with Gasteiger partial charge in [0.1, 0.15) is 5.60 Å². The Balaban J connectivity index is 1.27. The van der Waals surface area contributed by atoms with E-state index in [9.17, 15) is 9.59 Å². The van der Waals surface area contributed by atoms with Gasteiger partial charge in [0, 0.05) is 12.5 Å². The predicted octanol–water partition coefficient (Wildman–Crippen LogP) is 9.87. The summed E-state index contributed by atoms with van der Waals surface area (Å²) in [7, 11) is 0. The van der Waals surface area contributed by atoms with Crippen LogP contribution in [0.3, 0.4) is 0 Å². The number of amides is 1. The monoisotopic (exact) mass is 669 g/mol. The summed E-state index contributed by atoms with van der Waals surface area (Å²) in [5.74, 6) is -0.124. The lowest BCUT2D eigenvalue weighted by atomic mass is 9.84. The Labute approximate surface area is 296 Å². The molecule has 1 atom stereocenters. The van der Waals surface area contributed by atoms with Crippen molar-refractivity contribution in [1.82, 2.24) is 5.32 Å². The van der Waals surface area contributed by atoms with Crippen LogP contribution in [-0.2, 0) is 25.5 Å². The Morgan fingerprint density at radius 3 is 1.61 bits per heavy atom. The summed E-state index contributed by atoms with van der Waals surface area (Å²) in [6, 6.07) is 50.6. The molecule has 1 amide bonds. The summed E-state index contributed by atoms with van der Waals surface area (Å²) >= 11 is 1.88. The lowest BCUT2D eigenvalue weighted by Gasteiger charge is -2.35. The van der Waals surface area contributed by atoms with Crippen LogP contribution in [-0.4, -0.2) is 29.8 Å². The number of carbonyl (C=O) groups excluding carboxylic acids is 2. The molecule has 0 fully saturated rings. The zero-order chi connectivity index (χ0) is 34.5. The molecule has 252 valence electrons. The first-order valence-electron chi connectivity index (χ1n) is 17.2. The van der Waals surface area contributed by atoms with Crippen molar-refractivity contribution in [2.75, 3.05) is 12.3 Å². The lowest BCUT2D eigenvalue weighted by Crippen LogP contribution is -2.35. The van der Waals surface area contributed by atoms with Crippen molar-refractivity contribution in [3.8, 4) is 11.1 Å². The van der Waals surface area contributed by atoms with E-state index in [1.165, 1.54) is 27.8 Å². The van der Waals surface area contributed by atoms with Gasteiger partial charge in [-0.3, -0.25) is 9.59 Å². The molecule has 0 aliphatic carbocycles. The fourth-order valence-electron chi connectivity index (χ4n) is 6.20. The van der Waals surface area contributed by atoms with Crippen LogP contribution in [0.2, 0.25) is 0 Å². The first-order chi connectivity index (χ1) is 23.7. The minimum atomic E-state index is -0.611. The van der Waals surface area contributed by atoms with Crippen molar-refractivity contribution in [2.45, 2.75) is 56.8 Å². The van der Waals surface area contributed by atoms with Gasteiger partial charge < -0.3 is 10.1 Å². The fourth-order valence-corrected chi connectivity index (χ4v) is 7.73. The van der Waals surface area contributed by atoms with Gasteiger partial charge in [0.05, 0.1) is 11.2 Å². The molecular weight excluding hydrogens is 623 g/mol. The van der Waals surface area contributed by atoms with Crippen molar-refractivity contribution in [2.24, 2.45) is 5.92 Å². The van der Waals surface area contributed by atoms with Crippen LogP contribution in [0.4, 0.5) is 0 Å². The van der Waals surface area contributed by atoms with Gasteiger partial charge in [-0.25, -0.2) is 0 Å². The van der Waals surface area contributed by atoms with E-state index in [4.69, 9.17) is 4.74 Å². The van der Waals surface area contributed by atoms with Crippen LogP contribution in [0, 0.1) is 5.92 Å².